The van der Waals surface area contributed by atoms with Crippen LogP contribution < -0.4 is 10.2 Å². The summed E-state index contributed by atoms with van der Waals surface area (Å²) in [6.07, 6.45) is 3.35. The van der Waals surface area contributed by atoms with Crippen molar-refractivity contribution in [3.63, 3.8) is 0 Å². The number of rotatable bonds is 3. The van der Waals surface area contributed by atoms with E-state index in [9.17, 15) is 4.79 Å². The van der Waals surface area contributed by atoms with Crippen molar-refractivity contribution >= 4 is 17.3 Å². The summed E-state index contributed by atoms with van der Waals surface area (Å²) >= 11 is 0. The molecule has 4 nitrogen and oxygen atoms in total. The molecule has 1 aromatic heterocycles. The molecule has 0 fully saturated rings. The standard InChI is InChI=1S/C14H15N3O/c1-17(2)13-8-9-15-10-12(13)16-14(18)11-6-4-3-5-7-11/h3-10H,1-2H3,(H,16,18). The van der Waals surface area contributed by atoms with Crippen LogP contribution in [0.25, 0.3) is 0 Å². The number of nitrogens with zero attached hydrogens (tertiary/aromatic N) is 2. The number of amides is 1. The lowest BCUT2D eigenvalue weighted by Crippen LogP contribution is -2.16. The minimum absolute atomic E-state index is 0.133. The largest absolute Gasteiger partial charge is 0.376 e. The van der Waals surface area contributed by atoms with Gasteiger partial charge in [0.1, 0.15) is 0 Å². The van der Waals surface area contributed by atoms with Crippen LogP contribution in [0.3, 0.4) is 0 Å². The molecule has 0 saturated heterocycles. The van der Waals surface area contributed by atoms with Crippen molar-refractivity contribution in [2.45, 2.75) is 0 Å². The first-order valence-electron chi connectivity index (χ1n) is 5.66. The Hall–Kier alpha value is -2.36. The van der Waals surface area contributed by atoms with Crippen LogP contribution >= 0.6 is 0 Å². The summed E-state index contributed by atoms with van der Waals surface area (Å²) < 4.78 is 0. The van der Waals surface area contributed by atoms with E-state index in [1.807, 2.05) is 43.3 Å². The van der Waals surface area contributed by atoms with Gasteiger partial charge in [-0.25, -0.2) is 0 Å². The van der Waals surface area contributed by atoms with Crippen LogP contribution in [0.4, 0.5) is 11.4 Å². The molecule has 1 N–H and O–H groups in total. The van der Waals surface area contributed by atoms with Crippen molar-refractivity contribution in [1.29, 1.82) is 0 Å². The van der Waals surface area contributed by atoms with Crippen LogP contribution in [0.1, 0.15) is 10.4 Å². The van der Waals surface area contributed by atoms with E-state index in [0.29, 0.717) is 11.3 Å². The lowest BCUT2D eigenvalue weighted by atomic mass is 10.2. The summed E-state index contributed by atoms with van der Waals surface area (Å²) in [4.78, 5) is 18.0. The first kappa shape index (κ1) is 12.1. The Labute approximate surface area is 106 Å². The summed E-state index contributed by atoms with van der Waals surface area (Å²) in [5.41, 5.74) is 2.26. The molecule has 92 valence electrons. The lowest BCUT2D eigenvalue weighted by molar-refractivity contribution is 0.102. The Morgan fingerprint density at radius 1 is 1.17 bits per heavy atom. The van der Waals surface area contributed by atoms with E-state index < -0.39 is 0 Å². The third kappa shape index (κ3) is 2.66. The number of hydrogen-bond donors (Lipinski definition) is 1. The van der Waals surface area contributed by atoms with Gasteiger partial charge in [-0.05, 0) is 18.2 Å². The van der Waals surface area contributed by atoms with Crippen LogP contribution in [0, 0.1) is 0 Å². The molecule has 18 heavy (non-hydrogen) atoms. The number of carbonyl (C=O) groups is 1. The van der Waals surface area contributed by atoms with E-state index in [-0.39, 0.29) is 5.91 Å². The zero-order valence-corrected chi connectivity index (χ0v) is 10.4. The Kier molecular flexibility index (Phi) is 3.57. The first-order valence-corrected chi connectivity index (χ1v) is 5.66. The van der Waals surface area contributed by atoms with Crippen LogP contribution in [-0.4, -0.2) is 25.0 Å². The third-order valence-corrected chi connectivity index (χ3v) is 2.56. The van der Waals surface area contributed by atoms with Crippen LogP contribution in [0.15, 0.2) is 48.8 Å². The molecule has 0 atom stereocenters. The molecule has 0 aliphatic rings. The second kappa shape index (κ2) is 5.31. The molecule has 0 aliphatic carbocycles. The van der Waals surface area contributed by atoms with Crippen LogP contribution in [-0.2, 0) is 0 Å². The minimum atomic E-state index is -0.133. The summed E-state index contributed by atoms with van der Waals surface area (Å²) in [5.74, 6) is -0.133. The maximum absolute atomic E-state index is 12.0. The SMILES string of the molecule is CN(C)c1ccncc1NC(=O)c1ccccc1. The van der Waals surface area contributed by atoms with E-state index in [2.05, 4.69) is 10.3 Å². The van der Waals surface area contributed by atoms with E-state index >= 15 is 0 Å². The van der Waals surface area contributed by atoms with Crippen LogP contribution in [0.2, 0.25) is 0 Å². The van der Waals surface area contributed by atoms with Crippen molar-refractivity contribution in [2.75, 3.05) is 24.3 Å². The van der Waals surface area contributed by atoms with E-state index in [4.69, 9.17) is 0 Å². The van der Waals surface area contributed by atoms with Gasteiger partial charge >= 0.3 is 0 Å². The third-order valence-electron chi connectivity index (χ3n) is 2.56. The fourth-order valence-corrected chi connectivity index (χ4v) is 1.66. The van der Waals surface area contributed by atoms with Gasteiger partial charge in [-0.15, -0.1) is 0 Å². The molecule has 0 saturated carbocycles. The van der Waals surface area contributed by atoms with Gasteiger partial charge in [0, 0.05) is 25.9 Å². The van der Waals surface area contributed by atoms with Gasteiger partial charge in [0.05, 0.1) is 17.6 Å². The molecule has 0 unspecified atom stereocenters. The highest BCUT2D eigenvalue weighted by Crippen LogP contribution is 2.22. The fraction of sp³-hybridized carbons (Fsp3) is 0.143. The molecule has 1 aromatic carbocycles. The maximum Gasteiger partial charge on any atom is 0.255 e. The highest BCUT2D eigenvalue weighted by Gasteiger charge is 2.09. The second-order valence-electron chi connectivity index (χ2n) is 4.11. The number of aromatic nitrogens is 1. The van der Waals surface area contributed by atoms with Gasteiger partial charge in [-0.2, -0.15) is 0 Å². The number of nitrogens with one attached hydrogen (secondary N) is 1. The van der Waals surface area contributed by atoms with Gasteiger partial charge in [-0.1, -0.05) is 18.2 Å². The molecule has 0 spiro atoms. The Balaban J connectivity index is 2.22. The summed E-state index contributed by atoms with van der Waals surface area (Å²) in [5, 5.41) is 2.87. The van der Waals surface area contributed by atoms with Gasteiger partial charge in [0.25, 0.3) is 5.91 Å². The number of hydrogen-bond acceptors (Lipinski definition) is 3. The topological polar surface area (TPSA) is 45.2 Å². The quantitative estimate of drug-likeness (QED) is 0.897. The average molecular weight is 241 g/mol. The Morgan fingerprint density at radius 2 is 1.89 bits per heavy atom. The molecule has 0 radical (unpaired) electrons. The highest BCUT2D eigenvalue weighted by molar-refractivity contribution is 6.05. The number of carbonyl (C=O) groups excluding carboxylic acids is 1. The van der Waals surface area contributed by atoms with Crippen LogP contribution in [0.5, 0.6) is 0 Å². The lowest BCUT2D eigenvalue weighted by Gasteiger charge is -2.17. The average Bonchev–Trinajstić information content (AvgIpc) is 2.40. The van der Waals surface area contributed by atoms with Gasteiger partial charge < -0.3 is 10.2 Å². The first-order chi connectivity index (χ1) is 8.68. The van der Waals surface area contributed by atoms with Crippen molar-refractivity contribution in [2.24, 2.45) is 0 Å². The predicted octanol–water partition coefficient (Wildman–Crippen LogP) is 2.40. The predicted molar refractivity (Wildman–Crippen MR) is 73.0 cm³/mol. The van der Waals surface area contributed by atoms with E-state index in [1.54, 1.807) is 24.5 Å². The van der Waals surface area contributed by atoms with Gasteiger partial charge in [0.15, 0.2) is 0 Å². The molecule has 4 heteroatoms. The smallest absolute Gasteiger partial charge is 0.255 e. The molecule has 2 aromatic rings. The minimum Gasteiger partial charge on any atom is -0.376 e. The van der Waals surface area contributed by atoms with Crippen molar-refractivity contribution in [3.8, 4) is 0 Å². The summed E-state index contributed by atoms with van der Waals surface area (Å²) in [6, 6.07) is 11.0. The zero-order valence-electron chi connectivity index (χ0n) is 10.4. The summed E-state index contributed by atoms with van der Waals surface area (Å²) in [7, 11) is 3.85. The van der Waals surface area contributed by atoms with Crippen molar-refractivity contribution < 1.29 is 4.79 Å². The Morgan fingerprint density at radius 3 is 2.56 bits per heavy atom. The van der Waals surface area contributed by atoms with Gasteiger partial charge in [-0.3, -0.25) is 9.78 Å². The second-order valence-corrected chi connectivity index (χ2v) is 4.11. The highest BCUT2D eigenvalue weighted by atomic mass is 16.1. The number of pyridine rings is 1. The van der Waals surface area contributed by atoms with Crippen molar-refractivity contribution in [1.82, 2.24) is 4.98 Å². The zero-order chi connectivity index (χ0) is 13.0. The van der Waals surface area contributed by atoms with Gasteiger partial charge in [0.2, 0.25) is 0 Å². The van der Waals surface area contributed by atoms with E-state index in [0.717, 1.165) is 5.69 Å². The summed E-state index contributed by atoms with van der Waals surface area (Å²) in [6.45, 7) is 0. The molecule has 0 bridgehead atoms. The normalized spacial score (nSPS) is 9.89. The fourth-order valence-electron chi connectivity index (χ4n) is 1.66. The number of benzene rings is 1. The van der Waals surface area contributed by atoms with Crippen molar-refractivity contribution in [3.05, 3.63) is 54.4 Å². The molecule has 0 aliphatic heterocycles. The van der Waals surface area contributed by atoms with E-state index in [1.165, 1.54) is 0 Å². The Bertz CT molecular complexity index is 538. The molecule has 1 amide bonds. The maximum atomic E-state index is 12.0. The molecule has 2 rings (SSSR count). The molecular formula is C14H15N3O. The number of anilines is 2. The molecular weight excluding hydrogens is 226 g/mol. The monoisotopic (exact) mass is 241 g/mol. The molecule has 1 heterocycles.